The van der Waals surface area contributed by atoms with Gasteiger partial charge < -0.3 is 35.9 Å². The van der Waals surface area contributed by atoms with Gasteiger partial charge in [0.15, 0.2) is 0 Å². The molecule has 0 unspecified atom stereocenters. The van der Waals surface area contributed by atoms with Crippen molar-refractivity contribution in [1.82, 2.24) is 20.7 Å². The zero-order chi connectivity index (χ0) is 39.8. The van der Waals surface area contributed by atoms with Crippen molar-refractivity contribution in [2.45, 2.75) is 109 Å². The monoisotopic (exact) mass is 768 g/mol. The summed E-state index contributed by atoms with van der Waals surface area (Å²) in [5, 5.41) is 8.01. The SMILES string of the molecule is COC(=O)[C@@H]1C/C=C\COc2ccc(cc2)C[C@H](NC(C)=O)C(=O)N[C@@H](CCCN=C(N)NS(=O)(=O)c2c(C)c(C)c3c(c2C)CCC(C)(C)O3)C(=O)N1. The number of methoxy groups -OCH3 is 1. The van der Waals surface area contributed by atoms with E-state index in [1.807, 2.05) is 20.8 Å². The minimum absolute atomic E-state index is 0.0112. The van der Waals surface area contributed by atoms with Crippen LogP contribution in [-0.2, 0) is 46.8 Å². The Morgan fingerprint density at radius 1 is 1.04 bits per heavy atom. The van der Waals surface area contributed by atoms with Crippen molar-refractivity contribution in [3.05, 3.63) is 64.2 Å². The maximum atomic E-state index is 13.7. The van der Waals surface area contributed by atoms with Crippen LogP contribution in [0.5, 0.6) is 11.5 Å². The van der Waals surface area contributed by atoms with E-state index in [4.69, 9.17) is 19.9 Å². The van der Waals surface area contributed by atoms with Crippen molar-refractivity contribution in [2.75, 3.05) is 20.3 Å². The second-order valence-electron chi connectivity index (χ2n) is 14.2. The first-order chi connectivity index (χ1) is 25.4. The Hall–Kier alpha value is -5.12. The highest BCUT2D eigenvalue weighted by Crippen LogP contribution is 2.42. The van der Waals surface area contributed by atoms with E-state index in [2.05, 4.69) is 25.7 Å². The lowest BCUT2D eigenvalue weighted by Crippen LogP contribution is -2.56. The molecule has 5 rings (SSSR count). The molecule has 0 aliphatic carbocycles. The largest absolute Gasteiger partial charge is 0.490 e. The van der Waals surface area contributed by atoms with Gasteiger partial charge in [0.2, 0.25) is 23.7 Å². The Kier molecular flexibility index (Phi) is 13.7. The van der Waals surface area contributed by atoms with Gasteiger partial charge in [-0.15, -0.1) is 0 Å². The average Bonchev–Trinajstić information content (AvgIpc) is 3.10. The van der Waals surface area contributed by atoms with E-state index in [1.54, 1.807) is 50.3 Å². The van der Waals surface area contributed by atoms with Crippen LogP contribution < -0.4 is 35.9 Å². The van der Waals surface area contributed by atoms with Crippen LogP contribution in [0, 0.1) is 20.8 Å². The molecule has 54 heavy (non-hydrogen) atoms. The van der Waals surface area contributed by atoms with Crippen LogP contribution in [0.1, 0.15) is 74.3 Å². The number of nitrogens with two attached hydrogens (primary N) is 1. The van der Waals surface area contributed by atoms with Crippen molar-refractivity contribution >= 4 is 39.7 Å². The highest BCUT2D eigenvalue weighted by atomic mass is 32.2. The van der Waals surface area contributed by atoms with E-state index in [9.17, 15) is 27.6 Å². The number of aliphatic imine (C=N–C) groups is 1. The van der Waals surface area contributed by atoms with Gasteiger partial charge in [0.1, 0.15) is 41.8 Å². The predicted molar refractivity (Wildman–Crippen MR) is 203 cm³/mol. The summed E-state index contributed by atoms with van der Waals surface area (Å²) in [6.45, 7) is 10.8. The molecule has 3 aliphatic rings. The Balaban J connectivity index is 1.53. The molecule has 0 aromatic heterocycles. The maximum absolute atomic E-state index is 13.7. The molecule has 2 aromatic rings. The van der Waals surface area contributed by atoms with Gasteiger partial charge in [0.05, 0.1) is 12.0 Å². The van der Waals surface area contributed by atoms with E-state index in [0.29, 0.717) is 29.0 Å². The number of rotatable bonds is 8. The number of esters is 1. The van der Waals surface area contributed by atoms with Crippen LogP contribution in [-0.4, -0.2) is 82.1 Å². The normalized spacial score (nSPS) is 21.2. The molecule has 2 aromatic carbocycles. The Morgan fingerprint density at radius 3 is 2.41 bits per heavy atom. The first-order valence-electron chi connectivity index (χ1n) is 17.9. The molecule has 0 saturated carbocycles. The lowest BCUT2D eigenvalue weighted by molar-refractivity contribution is -0.145. The third-order valence-electron chi connectivity index (χ3n) is 9.48. The summed E-state index contributed by atoms with van der Waals surface area (Å²) in [5.41, 5.74) is 9.17. The second-order valence-corrected chi connectivity index (χ2v) is 15.8. The number of hydrogen-bond donors (Lipinski definition) is 5. The zero-order valence-corrected chi connectivity index (χ0v) is 32.8. The first kappa shape index (κ1) is 41.6. The van der Waals surface area contributed by atoms with Gasteiger partial charge in [-0.3, -0.25) is 19.4 Å². The van der Waals surface area contributed by atoms with Gasteiger partial charge in [-0.1, -0.05) is 24.3 Å². The van der Waals surface area contributed by atoms with Crippen molar-refractivity contribution in [3.8, 4) is 11.5 Å². The number of fused-ring (bicyclic) bond motifs is 14. The van der Waals surface area contributed by atoms with Crippen LogP contribution in [0.25, 0.3) is 0 Å². The van der Waals surface area contributed by atoms with Crippen molar-refractivity contribution in [1.29, 1.82) is 0 Å². The molecular formula is C38H52N6O9S. The van der Waals surface area contributed by atoms with Crippen molar-refractivity contribution in [3.63, 3.8) is 0 Å². The van der Waals surface area contributed by atoms with Gasteiger partial charge in [-0.05, 0) is 107 Å². The number of hydrogen-bond acceptors (Lipinski definition) is 10. The molecule has 0 saturated heterocycles. The van der Waals surface area contributed by atoms with Gasteiger partial charge in [-0.2, -0.15) is 0 Å². The second kappa shape index (κ2) is 17.8. The van der Waals surface area contributed by atoms with E-state index in [1.165, 1.54) is 14.0 Å². The third-order valence-corrected chi connectivity index (χ3v) is 11.1. The summed E-state index contributed by atoms with van der Waals surface area (Å²) in [4.78, 5) is 56.2. The Labute approximate surface area is 316 Å². The zero-order valence-electron chi connectivity index (χ0n) is 32.0. The van der Waals surface area contributed by atoms with Crippen LogP contribution in [0.2, 0.25) is 0 Å². The molecule has 3 heterocycles. The number of benzene rings is 2. The lowest BCUT2D eigenvalue weighted by Gasteiger charge is -2.35. The fraction of sp³-hybridized carbons (Fsp3) is 0.500. The Bertz CT molecular complexity index is 1910. The van der Waals surface area contributed by atoms with E-state index in [0.717, 1.165) is 23.1 Å². The maximum Gasteiger partial charge on any atom is 0.328 e. The highest BCUT2D eigenvalue weighted by Gasteiger charge is 2.34. The quantitative estimate of drug-likeness (QED) is 0.0869. The molecule has 0 radical (unpaired) electrons. The molecule has 0 spiro atoms. The van der Waals surface area contributed by atoms with Gasteiger partial charge >= 0.3 is 5.97 Å². The lowest BCUT2D eigenvalue weighted by atomic mass is 9.88. The smallest absolute Gasteiger partial charge is 0.328 e. The molecular weight excluding hydrogens is 717 g/mol. The molecule has 3 atom stereocenters. The van der Waals surface area contributed by atoms with Crippen molar-refractivity contribution in [2.24, 2.45) is 10.7 Å². The van der Waals surface area contributed by atoms with Gasteiger partial charge in [0.25, 0.3) is 10.0 Å². The van der Waals surface area contributed by atoms with Crippen LogP contribution in [0.15, 0.2) is 46.3 Å². The van der Waals surface area contributed by atoms with E-state index < -0.39 is 51.8 Å². The summed E-state index contributed by atoms with van der Waals surface area (Å²) in [6.07, 6.45) is 5.20. The summed E-state index contributed by atoms with van der Waals surface area (Å²) in [6, 6.07) is 3.77. The standard InChI is InChI=1S/C38H52N6O9S/c1-22-23(2)33(24(3)28-17-18-38(5,6)53-32(22)28)54(49,50)44-37(39)40-19-10-12-29-34(46)43-30(36(48)51-7)11-8-9-20-52-27-15-13-26(14-16-27)21-31(35(47)42-29)41-25(4)45/h8-9,13-16,29-31H,10-12,17-21H2,1-7H3,(H,41,45)(H,42,47)(H,43,46)(H3,39,40,44)/b9-8-/t29-,30-,31-/m0/s1. The first-order valence-corrected chi connectivity index (χ1v) is 19.4. The number of amides is 3. The number of carbonyl (C=O) groups is 4. The van der Waals surface area contributed by atoms with E-state index in [-0.39, 0.29) is 55.3 Å². The topological polar surface area (TPSA) is 217 Å². The van der Waals surface area contributed by atoms with Gasteiger partial charge in [0, 0.05) is 19.9 Å². The highest BCUT2D eigenvalue weighted by molar-refractivity contribution is 7.90. The summed E-state index contributed by atoms with van der Waals surface area (Å²) in [5.74, 6) is -1.48. The molecule has 0 fully saturated rings. The predicted octanol–water partition coefficient (Wildman–Crippen LogP) is 2.32. The minimum Gasteiger partial charge on any atom is -0.490 e. The minimum atomic E-state index is -4.14. The molecule has 6 N–H and O–H groups in total. The van der Waals surface area contributed by atoms with Crippen LogP contribution in [0.3, 0.4) is 0 Å². The molecule has 16 heteroatoms. The average molecular weight is 769 g/mol. The molecule has 3 amide bonds. The number of ether oxygens (including phenoxy) is 3. The van der Waals surface area contributed by atoms with Gasteiger partial charge in [-0.25, -0.2) is 17.9 Å². The number of guanidine groups is 1. The molecule has 2 bridgehead atoms. The fourth-order valence-electron chi connectivity index (χ4n) is 6.49. The number of carbonyl (C=O) groups excluding carboxylic acids is 4. The summed E-state index contributed by atoms with van der Waals surface area (Å²) < 4.78 is 46.6. The third kappa shape index (κ3) is 10.7. The van der Waals surface area contributed by atoms with Crippen LogP contribution >= 0.6 is 0 Å². The number of nitrogens with one attached hydrogen (secondary N) is 4. The molecule has 15 nitrogen and oxygen atoms in total. The summed E-state index contributed by atoms with van der Waals surface area (Å²) >= 11 is 0. The van der Waals surface area contributed by atoms with E-state index >= 15 is 0 Å². The summed E-state index contributed by atoms with van der Waals surface area (Å²) in [7, 11) is -2.94. The molecule has 294 valence electrons. The van der Waals surface area contributed by atoms with Crippen LogP contribution in [0.4, 0.5) is 0 Å². The van der Waals surface area contributed by atoms with Crippen molar-refractivity contribution < 1.29 is 41.8 Å². The molecule has 3 aliphatic heterocycles. The number of sulfonamides is 1. The Morgan fingerprint density at radius 2 is 1.74 bits per heavy atom. The number of nitrogens with zero attached hydrogens (tertiary/aromatic N) is 1. The fourth-order valence-corrected chi connectivity index (χ4v) is 8.02.